The van der Waals surface area contributed by atoms with Crippen molar-refractivity contribution in [3.63, 3.8) is 0 Å². The zero-order chi connectivity index (χ0) is 26.4. The van der Waals surface area contributed by atoms with E-state index in [0.717, 1.165) is 17.0 Å². The fourth-order valence-electron chi connectivity index (χ4n) is 4.89. The standard InChI is InChI=1S/C26H21ClN8O3/c1-14-7-16(5-6-28-14)20-12-29-26(31-20)23-11-24(38-15(2)36)22-8-17(9-25(37)35(22)23)19-10-18(27)3-4-21(19)34-13-30-32-33-34/h3-10,12-13,23-24H,11H2,1-2H3,(H,29,31)/t23-,24?/m0/s1. The quantitative estimate of drug-likeness (QED) is 0.340. The summed E-state index contributed by atoms with van der Waals surface area (Å²) in [6, 6.07) is 12.0. The maximum atomic E-state index is 13.6. The van der Waals surface area contributed by atoms with E-state index in [-0.39, 0.29) is 5.56 Å². The third-order valence-electron chi connectivity index (χ3n) is 6.47. The molecule has 12 heteroatoms. The zero-order valence-corrected chi connectivity index (χ0v) is 21.1. The number of aromatic nitrogens is 8. The van der Waals surface area contributed by atoms with Crippen molar-refractivity contribution in [1.29, 1.82) is 0 Å². The number of esters is 1. The van der Waals surface area contributed by atoms with E-state index in [0.29, 0.717) is 39.8 Å². The molecule has 0 amide bonds. The lowest BCUT2D eigenvalue weighted by Gasteiger charge is -2.15. The van der Waals surface area contributed by atoms with Gasteiger partial charge in [-0.05, 0) is 59.3 Å². The van der Waals surface area contributed by atoms with Gasteiger partial charge >= 0.3 is 5.97 Å². The molecule has 0 aliphatic carbocycles. The number of pyridine rings is 2. The van der Waals surface area contributed by atoms with Crippen molar-refractivity contribution in [2.24, 2.45) is 0 Å². The number of hydrogen-bond donors (Lipinski definition) is 1. The number of nitrogens with one attached hydrogen (secondary N) is 1. The lowest BCUT2D eigenvalue weighted by atomic mass is 10.0. The van der Waals surface area contributed by atoms with Gasteiger partial charge in [0.05, 0.1) is 29.3 Å². The molecule has 1 unspecified atom stereocenters. The minimum atomic E-state index is -0.641. The van der Waals surface area contributed by atoms with Gasteiger partial charge < -0.3 is 9.72 Å². The fourth-order valence-corrected chi connectivity index (χ4v) is 5.06. The number of ether oxygens (including phenoxy) is 1. The van der Waals surface area contributed by atoms with E-state index in [4.69, 9.17) is 16.3 Å². The van der Waals surface area contributed by atoms with Crippen LogP contribution in [0.2, 0.25) is 5.02 Å². The summed E-state index contributed by atoms with van der Waals surface area (Å²) in [7, 11) is 0. The molecule has 0 radical (unpaired) electrons. The number of fused-ring (bicyclic) bond motifs is 1. The molecule has 0 saturated carbocycles. The SMILES string of the molecule is CC(=O)OC1C[C@@H](c2ncc(-c3ccnc(C)c3)[nH]2)n2c1cc(-c1cc(Cl)ccc1-n1cnnn1)cc2=O. The van der Waals surface area contributed by atoms with Gasteiger partial charge in [-0.25, -0.2) is 4.98 Å². The molecule has 0 bridgehead atoms. The van der Waals surface area contributed by atoms with Gasteiger partial charge in [0.15, 0.2) is 0 Å². The monoisotopic (exact) mass is 528 g/mol. The fraction of sp³-hybridized carbons (Fsp3) is 0.192. The second kappa shape index (κ2) is 9.34. The normalized spacial score (nSPS) is 16.4. The van der Waals surface area contributed by atoms with Gasteiger partial charge in [-0.2, -0.15) is 4.68 Å². The first-order valence-electron chi connectivity index (χ1n) is 11.8. The predicted octanol–water partition coefficient (Wildman–Crippen LogP) is 3.84. The van der Waals surface area contributed by atoms with E-state index < -0.39 is 18.1 Å². The molecule has 1 aliphatic heterocycles. The number of carbonyl (C=O) groups excluding carboxylic acids is 1. The zero-order valence-electron chi connectivity index (χ0n) is 20.4. The highest BCUT2D eigenvalue weighted by Gasteiger charge is 2.37. The van der Waals surface area contributed by atoms with Crippen LogP contribution in [0.1, 0.15) is 42.7 Å². The first kappa shape index (κ1) is 23.7. The number of halogens is 1. The Hall–Kier alpha value is -4.64. The first-order valence-corrected chi connectivity index (χ1v) is 12.2. The van der Waals surface area contributed by atoms with Crippen molar-refractivity contribution >= 4 is 17.6 Å². The molecular weight excluding hydrogens is 508 g/mol. The molecule has 38 heavy (non-hydrogen) atoms. The smallest absolute Gasteiger partial charge is 0.303 e. The molecule has 1 aromatic carbocycles. The van der Waals surface area contributed by atoms with Gasteiger partial charge in [0.2, 0.25) is 0 Å². The first-order chi connectivity index (χ1) is 18.4. The van der Waals surface area contributed by atoms with Crippen molar-refractivity contribution in [1.82, 2.24) is 39.7 Å². The summed E-state index contributed by atoms with van der Waals surface area (Å²) >= 11 is 6.32. The molecule has 0 saturated heterocycles. The molecule has 0 spiro atoms. The topological polar surface area (TPSA) is 133 Å². The second-order valence-electron chi connectivity index (χ2n) is 9.01. The van der Waals surface area contributed by atoms with Gasteiger partial charge in [-0.15, -0.1) is 5.10 Å². The summed E-state index contributed by atoms with van der Waals surface area (Å²) in [5.74, 6) is 0.155. The predicted molar refractivity (Wildman–Crippen MR) is 138 cm³/mol. The second-order valence-corrected chi connectivity index (χ2v) is 9.45. The summed E-state index contributed by atoms with van der Waals surface area (Å²) in [5.41, 5.74) is 4.81. The third-order valence-corrected chi connectivity index (χ3v) is 6.70. The maximum absolute atomic E-state index is 13.6. The maximum Gasteiger partial charge on any atom is 0.303 e. The summed E-state index contributed by atoms with van der Waals surface area (Å²) < 4.78 is 8.77. The van der Waals surface area contributed by atoms with Gasteiger partial charge in [-0.1, -0.05) is 11.6 Å². The number of aromatic amines is 1. The number of carbonyl (C=O) groups is 1. The average Bonchev–Trinajstić information content (AvgIpc) is 3.64. The molecule has 4 aromatic heterocycles. The van der Waals surface area contributed by atoms with Crippen LogP contribution in [0.25, 0.3) is 28.1 Å². The Balaban J connectivity index is 1.46. The minimum Gasteiger partial charge on any atom is -0.456 e. The molecule has 6 rings (SSSR count). The highest BCUT2D eigenvalue weighted by molar-refractivity contribution is 6.31. The number of benzene rings is 1. The van der Waals surface area contributed by atoms with Crippen LogP contribution >= 0.6 is 11.6 Å². The Labute approximate surface area is 221 Å². The van der Waals surface area contributed by atoms with Crippen LogP contribution in [0.4, 0.5) is 0 Å². The van der Waals surface area contributed by atoms with Crippen LogP contribution in [-0.2, 0) is 9.53 Å². The highest BCUT2D eigenvalue weighted by atomic mass is 35.5. The number of nitrogens with zero attached hydrogens (tertiary/aromatic N) is 7. The van der Waals surface area contributed by atoms with Crippen molar-refractivity contribution < 1.29 is 9.53 Å². The van der Waals surface area contributed by atoms with Crippen LogP contribution < -0.4 is 5.56 Å². The van der Waals surface area contributed by atoms with E-state index in [2.05, 4.69) is 30.5 Å². The van der Waals surface area contributed by atoms with E-state index >= 15 is 0 Å². The Morgan fingerprint density at radius 2 is 2.00 bits per heavy atom. The molecule has 5 aromatic rings. The van der Waals surface area contributed by atoms with Crippen LogP contribution in [0.15, 0.2) is 66.0 Å². The van der Waals surface area contributed by atoms with Crippen LogP contribution in [-0.4, -0.2) is 45.7 Å². The van der Waals surface area contributed by atoms with Crippen molar-refractivity contribution in [3.05, 3.63) is 93.8 Å². The number of rotatable bonds is 5. The Morgan fingerprint density at radius 1 is 1.13 bits per heavy atom. The van der Waals surface area contributed by atoms with Crippen LogP contribution in [0.5, 0.6) is 0 Å². The van der Waals surface area contributed by atoms with E-state index in [1.165, 1.54) is 24.0 Å². The van der Waals surface area contributed by atoms with Crippen LogP contribution in [0.3, 0.4) is 0 Å². The van der Waals surface area contributed by atoms with E-state index in [1.54, 1.807) is 35.2 Å². The molecule has 1 N–H and O–H groups in total. The third kappa shape index (κ3) is 4.26. The van der Waals surface area contributed by atoms with E-state index in [9.17, 15) is 9.59 Å². The van der Waals surface area contributed by atoms with Gasteiger partial charge in [0.1, 0.15) is 18.3 Å². The molecule has 1 aliphatic rings. The summed E-state index contributed by atoms with van der Waals surface area (Å²) in [5, 5.41) is 11.9. The minimum absolute atomic E-state index is 0.266. The molecule has 2 atom stereocenters. The van der Waals surface area contributed by atoms with Gasteiger partial charge in [-0.3, -0.25) is 19.1 Å². The lowest BCUT2D eigenvalue weighted by molar-refractivity contribution is -0.146. The van der Waals surface area contributed by atoms with Gasteiger partial charge in [0.25, 0.3) is 5.56 Å². The lowest BCUT2D eigenvalue weighted by Crippen LogP contribution is -2.24. The summed E-state index contributed by atoms with van der Waals surface area (Å²) in [6.45, 7) is 3.27. The average molecular weight is 529 g/mol. The summed E-state index contributed by atoms with van der Waals surface area (Å²) in [6.07, 6.45) is 4.64. The molecule has 0 fully saturated rings. The number of aryl methyl sites for hydroxylation is 1. The number of tetrazole rings is 1. The molecule has 11 nitrogen and oxygen atoms in total. The molecule has 5 heterocycles. The van der Waals surface area contributed by atoms with Crippen molar-refractivity contribution in [2.75, 3.05) is 0 Å². The van der Waals surface area contributed by atoms with E-state index in [1.807, 2.05) is 25.1 Å². The highest BCUT2D eigenvalue weighted by Crippen LogP contribution is 2.41. The molecule has 190 valence electrons. The summed E-state index contributed by atoms with van der Waals surface area (Å²) in [4.78, 5) is 37.8. The van der Waals surface area contributed by atoms with Crippen LogP contribution in [0, 0.1) is 6.92 Å². The number of H-pyrrole nitrogens is 1. The van der Waals surface area contributed by atoms with Crippen molar-refractivity contribution in [3.8, 4) is 28.1 Å². The van der Waals surface area contributed by atoms with Gasteiger partial charge in [0, 0.05) is 47.5 Å². The Kier molecular flexibility index (Phi) is 5.84. The van der Waals surface area contributed by atoms with Crippen molar-refractivity contribution in [2.45, 2.75) is 32.4 Å². The molecular formula is C26H21ClN8O3. The number of hydrogen-bond acceptors (Lipinski definition) is 8. The largest absolute Gasteiger partial charge is 0.456 e. The Morgan fingerprint density at radius 3 is 2.76 bits per heavy atom. The Bertz CT molecular complexity index is 1730. The number of imidazole rings is 1.